The topological polar surface area (TPSA) is 75.4 Å². The molecule has 0 saturated carbocycles. The highest BCUT2D eigenvalue weighted by atomic mass is 79.9. The fourth-order valence-electron chi connectivity index (χ4n) is 0.851. The molecule has 0 aromatic heterocycles. The number of nitrogens with two attached hydrogens (primary N) is 1. The van der Waals surface area contributed by atoms with Crippen LogP contribution in [0.5, 0.6) is 0 Å². The van der Waals surface area contributed by atoms with E-state index in [1.165, 1.54) is 14.1 Å². The maximum absolute atomic E-state index is 11.5. The fraction of sp³-hybridized carbons (Fsp3) is 0.250. The molecule has 0 atom stereocenters. The third-order valence-electron chi connectivity index (χ3n) is 1.71. The summed E-state index contributed by atoms with van der Waals surface area (Å²) in [4.78, 5) is 0. The van der Waals surface area contributed by atoms with Crippen molar-refractivity contribution in [2.45, 2.75) is 0 Å². The van der Waals surface area contributed by atoms with Crippen molar-refractivity contribution in [3.8, 4) is 0 Å². The van der Waals surface area contributed by atoms with Crippen LogP contribution in [0.4, 0.5) is 11.4 Å². The van der Waals surface area contributed by atoms with Gasteiger partial charge >= 0.3 is 10.2 Å². The molecular formula is C8H12BrN3O2S. The van der Waals surface area contributed by atoms with Crippen molar-refractivity contribution in [2.75, 3.05) is 24.6 Å². The zero-order chi connectivity index (χ0) is 11.6. The number of hydrogen-bond acceptors (Lipinski definition) is 3. The predicted octanol–water partition coefficient (Wildman–Crippen LogP) is 1.25. The highest BCUT2D eigenvalue weighted by Gasteiger charge is 2.14. The zero-order valence-electron chi connectivity index (χ0n) is 8.36. The molecule has 0 heterocycles. The number of rotatable bonds is 3. The molecule has 0 spiro atoms. The molecule has 0 unspecified atom stereocenters. The highest BCUT2D eigenvalue weighted by Crippen LogP contribution is 2.25. The van der Waals surface area contributed by atoms with E-state index in [4.69, 9.17) is 5.73 Å². The van der Waals surface area contributed by atoms with Gasteiger partial charge in [0.1, 0.15) is 0 Å². The van der Waals surface area contributed by atoms with E-state index in [0.717, 1.165) is 4.31 Å². The van der Waals surface area contributed by atoms with Crippen LogP contribution < -0.4 is 10.5 Å². The number of hydrogen-bond donors (Lipinski definition) is 2. The summed E-state index contributed by atoms with van der Waals surface area (Å²) in [6.45, 7) is 0. The van der Waals surface area contributed by atoms with Gasteiger partial charge in [-0.25, -0.2) is 0 Å². The molecule has 84 valence electrons. The number of halogens is 1. The maximum atomic E-state index is 11.5. The molecule has 7 heteroatoms. The fourth-order valence-corrected chi connectivity index (χ4v) is 1.96. The first-order chi connectivity index (χ1) is 6.83. The van der Waals surface area contributed by atoms with Crippen molar-refractivity contribution in [1.82, 2.24) is 4.31 Å². The number of nitrogen functional groups attached to an aromatic ring is 1. The second kappa shape index (κ2) is 4.38. The van der Waals surface area contributed by atoms with Crippen LogP contribution in [0, 0.1) is 0 Å². The molecule has 0 amide bonds. The van der Waals surface area contributed by atoms with Crippen molar-refractivity contribution < 1.29 is 8.42 Å². The monoisotopic (exact) mass is 293 g/mol. The van der Waals surface area contributed by atoms with E-state index in [2.05, 4.69) is 20.7 Å². The highest BCUT2D eigenvalue weighted by molar-refractivity contribution is 9.10. The van der Waals surface area contributed by atoms with Crippen molar-refractivity contribution >= 4 is 37.5 Å². The summed E-state index contributed by atoms with van der Waals surface area (Å²) >= 11 is 3.23. The molecule has 1 rings (SSSR count). The lowest BCUT2D eigenvalue weighted by Gasteiger charge is -2.14. The van der Waals surface area contributed by atoms with E-state index in [9.17, 15) is 8.42 Å². The van der Waals surface area contributed by atoms with Gasteiger partial charge in [0.05, 0.1) is 5.69 Å². The molecule has 1 aromatic rings. The summed E-state index contributed by atoms with van der Waals surface area (Å²) in [6.07, 6.45) is 0. The summed E-state index contributed by atoms with van der Waals surface area (Å²) in [5.74, 6) is 0. The molecule has 0 bridgehead atoms. The van der Waals surface area contributed by atoms with Crippen LogP contribution in [0.15, 0.2) is 22.7 Å². The Hall–Kier alpha value is -0.790. The number of nitrogens with one attached hydrogen (secondary N) is 1. The SMILES string of the molecule is CN(C)S(=O)(=O)Nc1cc(N)ccc1Br. The number of anilines is 2. The first-order valence-corrected chi connectivity index (χ1v) is 6.31. The van der Waals surface area contributed by atoms with E-state index in [1.807, 2.05) is 0 Å². The lowest BCUT2D eigenvalue weighted by molar-refractivity contribution is 0.527. The first-order valence-electron chi connectivity index (χ1n) is 4.08. The van der Waals surface area contributed by atoms with E-state index < -0.39 is 10.2 Å². The molecule has 0 aliphatic rings. The summed E-state index contributed by atoms with van der Waals surface area (Å²) < 4.78 is 27.2. The molecule has 1 aromatic carbocycles. The van der Waals surface area contributed by atoms with Crippen molar-refractivity contribution in [3.05, 3.63) is 22.7 Å². The van der Waals surface area contributed by atoms with Crippen LogP contribution >= 0.6 is 15.9 Å². The van der Waals surface area contributed by atoms with E-state index in [-0.39, 0.29) is 0 Å². The Morgan fingerprint density at radius 3 is 2.53 bits per heavy atom. The third kappa shape index (κ3) is 3.08. The van der Waals surface area contributed by atoms with Gasteiger partial charge in [-0.15, -0.1) is 0 Å². The van der Waals surface area contributed by atoms with E-state index in [1.54, 1.807) is 18.2 Å². The van der Waals surface area contributed by atoms with E-state index >= 15 is 0 Å². The van der Waals surface area contributed by atoms with Crippen molar-refractivity contribution in [1.29, 1.82) is 0 Å². The van der Waals surface area contributed by atoms with Crippen LogP contribution in [0.1, 0.15) is 0 Å². The van der Waals surface area contributed by atoms with Crippen LogP contribution in [0.2, 0.25) is 0 Å². The Bertz CT molecular complexity index is 459. The Labute approximate surface area is 97.6 Å². The average molecular weight is 294 g/mol. The Balaban J connectivity index is 3.05. The van der Waals surface area contributed by atoms with Gasteiger partial charge in [0, 0.05) is 24.3 Å². The lowest BCUT2D eigenvalue weighted by Crippen LogP contribution is -2.29. The van der Waals surface area contributed by atoms with Crippen LogP contribution in [0.25, 0.3) is 0 Å². The molecule has 0 saturated heterocycles. The molecule has 0 radical (unpaired) electrons. The summed E-state index contributed by atoms with van der Waals surface area (Å²) in [6, 6.07) is 4.91. The minimum absolute atomic E-state index is 0.420. The Morgan fingerprint density at radius 1 is 1.40 bits per heavy atom. The summed E-state index contributed by atoms with van der Waals surface area (Å²) in [7, 11) is -0.599. The van der Waals surface area contributed by atoms with Gasteiger partial charge in [-0.05, 0) is 34.1 Å². The number of nitrogens with zero attached hydrogens (tertiary/aromatic N) is 1. The quantitative estimate of drug-likeness (QED) is 0.824. The Morgan fingerprint density at radius 2 is 2.00 bits per heavy atom. The smallest absolute Gasteiger partial charge is 0.301 e. The van der Waals surface area contributed by atoms with Crippen molar-refractivity contribution in [3.63, 3.8) is 0 Å². The van der Waals surface area contributed by atoms with Gasteiger partial charge in [0.15, 0.2) is 0 Å². The average Bonchev–Trinajstić information content (AvgIpc) is 2.10. The zero-order valence-corrected chi connectivity index (χ0v) is 10.8. The predicted molar refractivity (Wildman–Crippen MR) is 64.8 cm³/mol. The summed E-state index contributed by atoms with van der Waals surface area (Å²) in [5, 5.41) is 0. The molecule has 0 fully saturated rings. The molecule has 5 nitrogen and oxygen atoms in total. The lowest BCUT2D eigenvalue weighted by atomic mass is 10.3. The van der Waals surface area contributed by atoms with E-state index in [0.29, 0.717) is 15.8 Å². The number of benzene rings is 1. The van der Waals surface area contributed by atoms with Crippen LogP contribution in [-0.2, 0) is 10.2 Å². The largest absolute Gasteiger partial charge is 0.399 e. The molecule has 0 aliphatic carbocycles. The molecule has 15 heavy (non-hydrogen) atoms. The van der Waals surface area contributed by atoms with Gasteiger partial charge in [0.25, 0.3) is 0 Å². The third-order valence-corrected chi connectivity index (χ3v) is 3.84. The van der Waals surface area contributed by atoms with Crippen LogP contribution in [0.3, 0.4) is 0 Å². The second-order valence-corrected chi connectivity index (χ2v) is 5.87. The molecular weight excluding hydrogens is 282 g/mol. The first kappa shape index (κ1) is 12.3. The minimum Gasteiger partial charge on any atom is -0.399 e. The van der Waals surface area contributed by atoms with Gasteiger partial charge < -0.3 is 5.73 Å². The van der Waals surface area contributed by atoms with Gasteiger partial charge in [-0.3, -0.25) is 4.72 Å². The molecule has 0 aliphatic heterocycles. The van der Waals surface area contributed by atoms with Gasteiger partial charge in [0.2, 0.25) is 0 Å². The van der Waals surface area contributed by atoms with Crippen molar-refractivity contribution in [2.24, 2.45) is 0 Å². The van der Waals surface area contributed by atoms with Crippen LogP contribution in [-0.4, -0.2) is 26.8 Å². The van der Waals surface area contributed by atoms with Gasteiger partial charge in [-0.1, -0.05) is 0 Å². The van der Waals surface area contributed by atoms with Gasteiger partial charge in [-0.2, -0.15) is 12.7 Å². The Kier molecular flexibility index (Phi) is 3.58. The second-order valence-electron chi connectivity index (χ2n) is 3.13. The molecule has 3 N–H and O–H groups in total. The maximum Gasteiger partial charge on any atom is 0.301 e. The minimum atomic E-state index is -3.49. The normalized spacial score (nSPS) is 11.7. The standard InChI is InChI=1S/C8H12BrN3O2S/c1-12(2)15(13,14)11-8-5-6(10)3-4-7(8)9/h3-5,11H,10H2,1-2H3. The summed E-state index contributed by atoms with van der Waals surface area (Å²) in [5.41, 5.74) is 6.47.